The van der Waals surface area contributed by atoms with Gasteiger partial charge in [0, 0.05) is 16.6 Å². The summed E-state index contributed by atoms with van der Waals surface area (Å²) in [5.41, 5.74) is 1.99. The van der Waals surface area contributed by atoms with Crippen molar-refractivity contribution in [3.05, 3.63) is 69.7 Å². The molecule has 1 N–H and O–H groups in total. The molecule has 0 fully saturated rings. The molecule has 4 heteroatoms. The molecule has 2 aromatic carbocycles. The van der Waals surface area contributed by atoms with Crippen LogP contribution in [0.5, 0.6) is 0 Å². The second-order valence-corrected chi connectivity index (χ2v) is 5.34. The molecule has 0 aliphatic carbocycles. The van der Waals surface area contributed by atoms with Crippen LogP contribution in [-0.4, -0.2) is 12.5 Å². The van der Waals surface area contributed by atoms with Crippen LogP contribution in [0.25, 0.3) is 0 Å². The first-order valence-corrected chi connectivity index (χ1v) is 7.15. The topological polar surface area (TPSA) is 29.1 Å². The molecule has 0 spiro atoms. The molecule has 0 bridgehead atoms. The molecular weight excluding hydrogens is 293 g/mol. The summed E-state index contributed by atoms with van der Waals surface area (Å²) in [7, 11) is 0. The average molecular weight is 308 g/mol. The van der Waals surface area contributed by atoms with E-state index in [1.165, 1.54) is 5.56 Å². The van der Waals surface area contributed by atoms with Crippen molar-refractivity contribution in [3.8, 4) is 0 Å². The van der Waals surface area contributed by atoms with Crippen LogP contribution in [-0.2, 0) is 17.6 Å². The Kier molecular flexibility index (Phi) is 5.45. The van der Waals surface area contributed by atoms with Gasteiger partial charge in [0.1, 0.15) is 0 Å². The Labute approximate surface area is 128 Å². The molecule has 1 amide bonds. The molecule has 2 nitrogen and oxygen atoms in total. The van der Waals surface area contributed by atoms with Crippen molar-refractivity contribution in [2.24, 2.45) is 0 Å². The summed E-state index contributed by atoms with van der Waals surface area (Å²) in [6, 6.07) is 15.2. The number of hydrogen-bond donors (Lipinski definition) is 1. The van der Waals surface area contributed by atoms with Gasteiger partial charge in [0.15, 0.2) is 0 Å². The van der Waals surface area contributed by atoms with Crippen molar-refractivity contribution in [3.63, 3.8) is 0 Å². The fourth-order valence-electron chi connectivity index (χ4n) is 1.89. The molecule has 20 heavy (non-hydrogen) atoms. The van der Waals surface area contributed by atoms with Crippen LogP contribution in [0.1, 0.15) is 11.1 Å². The van der Waals surface area contributed by atoms with Crippen molar-refractivity contribution in [2.45, 2.75) is 12.8 Å². The molecule has 0 aliphatic heterocycles. The van der Waals surface area contributed by atoms with E-state index in [1.807, 2.05) is 30.3 Å². The predicted octanol–water partition coefficient (Wildman–Crippen LogP) is 3.89. The van der Waals surface area contributed by atoms with E-state index in [9.17, 15) is 4.79 Å². The van der Waals surface area contributed by atoms with Gasteiger partial charge < -0.3 is 5.32 Å². The Morgan fingerprint density at radius 1 is 1.05 bits per heavy atom. The third-order valence-electron chi connectivity index (χ3n) is 2.94. The zero-order valence-corrected chi connectivity index (χ0v) is 12.4. The molecule has 104 valence electrons. The van der Waals surface area contributed by atoms with Crippen molar-refractivity contribution in [1.82, 2.24) is 5.32 Å². The summed E-state index contributed by atoms with van der Waals surface area (Å²) >= 11 is 11.9. The maximum Gasteiger partial charge on any atom is 0.224 e. The Morgan fingerprint density at radius 2 is 1.80 bits per heavy atom. The van der Waals surface area contributed by atoms with Gasteiger partial charge in [0.2, 0.25) is 5.91 Å². The molecule has 0 aliphatic rings. The van der Waals surface area contributed by atoms with Gasteiger partial charge in [-0.05, 0) is 29.7 Å². The number of carbonyl (C=O) groups is 1. The summed E-state index contributed by atoms with van der Waals surface area (Å²) in [6.45, 7) is 0.619. The maximum atomic E-state index is 11.8. The quantitative estimate of drug-likeness (QED) is 0.892. The number of halogens is 2. The molecule has 0 saturated carbocycles. The molecule has 0 unspecified atom stereocenters. The Hall–Kier alpha value is -1.51. The van der Waals surface area contributed by atoms with Gasteiger partial charge in [0.05, 0.1) is 6.42 Å². The standard InChI is InChI=1S/C16H15Cl2NO/c17-14-7-6-13(15(18)11-14)10-16(20)19-9-8-12-4-2-1-3-5-12/h1-7,11H,8-10H2,(H,19,20). The first-order chi connectivity index (χ1) is 9.65. The van der Waals surface area contributed by atoms with Gasteiger partial charge in [-0.2, -0.15) is 0 Å². The third-order valence-corrected chi connectivity index (χ3v) is 3.53. The van der Waals surface area contributed by atoms with Gasteiger partial charge in [-0.15, -0.1) is 0 Å². The highest BCUT2D eigenvalue weighted by atomic mass is 35.5. The molecule has 0 atom stereocenters. The zero-order chi connectivity index (χ0) is 14.4. The highest BCUT2D eigenvalue weighted by Gasteiger charge is 2.07. The van der Waals surface area contributed by atoms with Gasteiger partial charge in [0.25, 0.3) is 0 Å². The highest BCUT2D eigenvalue weighted by Crippen LogP contribution is 2.21. The molecule has 0 heterocycles. The fraction of sp³-hybridized carbons (Fsp3) is 0.188. The van der Waals surface area contributed by atoms with Gasteiger partial charge in [-0.1, -0.05) is 59.6 Å². The van der Waals surface area contributed by atoms with Crippen molar-refractivity contribution in [1.29, 1.82) is 0 Å². The minimum absolute atomic E-state index is 0.0369. The summed E-state index contributed by atoms with van der Waals surface area (Å²) < 4.78 is 0. The van der Waals surface area contributed by atoms with E-state index in [2.05, 4.69) is 5.32 Å². The molecule has 2 rings (SSSR count). The van der Waals surface area contributed by atoms with E-state index < -0.39 is 0 Å². The minimum atomic E-state index is -0.0369. The number of benzene rings is 2. The Morgan fingerprint density at radius 3 is 2.50 bits per heavy atom. The maximum absolute atomic E-state index is 11.8. The Balaban J connectivity index is 1.81. The number of carbonyl (C=O) groups excluding carboxylic acids is 1. The van der Waals surface area contributed by atoms with Gasteiger partial charge in [-0.25, -0.2) is 0 Å². The lowest BCUT2D eigenvalue weighted by Crippen LogP contribution is -2.27. The second kappa shape index (κ2) is 7.32. The summed E-state index contributed by atoms with van der Waals surface area (Å²) in [5, 5.41) is 3.99. The predicted molar refractivity (Wildman–Crippen MR) is 83.3 cm³/mol. The molecule has 0 radical (unpaired) electrons. The van der Waals surface area contributed by atoms with E-state index in [-0.39, 0.29) is 12.3 Å². The van der Waals surface area contributed by atoms with E-state index in [0.717, 1.165) is 12.0 Å². The summed E-state index contributed by atoms with van der Waals surface area (Å²) in [4.78, 5) is 11.8. The van der Waals surface area contributed by atoms with Crippen LogP contribution in [0.2, 0.25) is 10.0 Å². The monoisotopic (exact) mass is 307 g/mol. The van der Waals surface area contributed by atoms with Crippen LogP contribution in [0, 0.1) is 0 Å². The van der Waals surface area contributed by atoms with Crippen LogP contribution in [0.15, 0.2) is 48.5 Å². The van der Waals surface area contributed by atoms with Gasteiger partial charge >= 0.3 is 0 Å². The lowest BCUT2D eigenvalue weighted by atomic mass is 10.1. The number of rotatable bonds is 5. The van der Waals surface area contributed by atoms with Crippen molar-refractivity contribution in [2.75, 3.05) is 6.54 Å². The number of hydrogen-bond acceptors (Lipinski definition) is 1. The van der Waals surface area contributed by atoms with Crippen LogP contribution < -0.4 is 5.32 Å². The zero-order valence-electron chi connectivity index (χ0n) is 10.9. The van der Waals surface area contributed by atoms with Crippen molar-refractivity contribution < 1.29 is 4.79 Å². The second-order valence-electron chi connectivity index (χ2n) is 4.50. The average Bonchev–Trinajstić information content (AvgIpc) is 2.43. The molecule has 2 aromatic rings. The van der Waals surface area contributed by atoms with Crippen LogP contribution >= 0.6 is 23.2 Å². The fourth-order valence-corrected chi connectivity index (χ4v) is 2.37. The van der Waals surface area contributed by atoms with Crippen LogP contribution in [0.3, 0.4) is 0 Å². The molecule has 0 saturated heterocycles. The van der Waals surface area contributed by atoms with E-state index >= 15 is 0 Å². The van der Waals surface area contributed by atoms with Crippen LogP contribution in [0.4, 0.5) is 0 Å². The van der Waals surface area contributed by atoms with E-state index in [0.29, 0.717) is 16.6 Å². The van der Waals surface area contributed by atoms with E-state index in [1.54, 1.807) is 18.2 Å². The summed E-state index contributed by atoms with van der Waals surface area (Å²) in [5.74, 6) is -0.0369. The molecular formula is C16H15Cl2NO. The lowest BCUT2D eigenvalue weighted by molar-refractivity contribution is -0.120. The number of nitrogens with one attached hydrogen (secondary N) is 1. The van der Waals surface area contributed by atoms with Crippen molar-refractivity contribution >= 4 is 29.1 Å². The third kappa shape index (κ3) is 4.55. The summed E-state index contributed by atoms with van der Waals surface area (Å²) in [6.07, 6.45) is 1.09. The highest BCUT2D eigenvalue weighted by molar-refractivity contribution is 6.35. The normalized spacial score (nSPS) is 10.3. The van der Waals surface area contributed by atoms with Gasteiger partial charge in [-0.3, -0.25) is 4.79 Å². The largest absolute Gasteiger partial charge is 0.355 e. The minimum Gasteiger partial charge on any atom is -0.355 e. The molecule has 0 aromatic heterocycles. The van der Waals surface area contributed by atoms with E-state index in [4.69, 9.17) is 23.2 Å². The SMILES string of the molecule is O=C(Cc1ccc(Cl)cc1Cl)NCCc1ccccc1. The lowest BCUT2D eigenvalue weighted by Gasteiger charge is -2.07. The Bertz CT molecular complexity index is 584. The number of amides is 1. The first-order valence-electron chi connectivity index (χ1n) is 6.40. The first kappa shape index (κ1) is 14.9. The smallest absolute Gasteiger partial charge is 0.224 e.